The Bertz CT molecular complexity index is 1560. The maximum atomic E-state index is 11.0. The zero-order chi connectivity index (χ0) is 29.2. The van der Waals surface area contributed by atoms with E-state index in [2.05, 4.69) is 4.98 Å². The van der Waals surface area contributed by atoms with Crippen LogP contribution in [0.3, 0.4) is 0 Å². The second-order valence-corrected chi connectivity index (χ2v) is 10.4. The molecule has 0 aliphatic carbocycles. The predicted octanol–water partition coefficient (Wildman–Crippen LogP) is 6.55. The van der Waals surface area contributed by atoms with Gasteiger partial charge < -0.3 is 19.7 Å². The van der Waals surface area contributed by atoms with Gasteiger partial charge >= 0.3 is 11.9 Å². The van der Waals surface area contributed by atoms with Gasteiger partial charge in [0.05, 0.1) is 17.8 Å². The van der Waals surface area contributed by atoms with Crippen molar-refractivity contribution in [3.05, 3.63) is 106 Å². The lowest BCUT2D eigenvalue weighted by molar-refractivity contribution is -0.142. The van der Waals surface area contributed by atoms with Gasteiger partial charge in [0.1, 0.15) is 18.0 Å². The molecule has 0 fully saturated rings. The first-order chi connectivity index (χ1) is 19.7. The summed E-state index contributed by atoms with van der Waals surface area (Å²) < 4.78 is 16.9. The van der Waals surface area contributed by atoms with E-state index in [0.717, 1.165) is 45.3 Å². The minimum absolute atomic E-state index is 0.196. The highest BCUT2D eigenvalue weighted by molar-refractivity contribution is 7.94. The Morgan fingerprint density at radius 1 is 0.927 bits per heavy atom. The number of pyridine rings is 1. The van der Waals surface area contributed by atoms with Crippen LogP contribution in [0.25, 0.3) is 23.1 Å². The molecule has 1 aromatic heterocycles. The predicted molar refractivity (Wildman–Crippen MR) is 160 cm³/mol. The maximum absolute atomic E-state index is 11.0. The topological polar surface area (TPSA) is 115 Å². The zero-order valence-corrected chi connectivity index (χ0v) is 23.7. The van der Waals surface area contributed by atoms with E-state index in [9.17, 15) is 9.59 Å². The van der Waals surface area contributed by atoms with Crippen LogP contribution >= 0.6 is 23.6 Å². The monoisotopic (exact) mass is 593 g/mol. The molecule has 0 aliphatic rings. The Morgan fingerprint density at radius 2 is 1.66 bits per heavy atom. The van der Waals surface area contributed by atoms with Crippen molar-refractivity contribution in [2.45, 2.75) is 12.5 Å². The fourth-order valence-electron chi connectivity index (χ4n) is 4.02. The van der Waals surface area contributed by atoms with E-state index in [-0.39, 0.29) is 13.2 Å². The van der Waals surface area contributed by atoms with Gasteiger partial charge in [-0.3, -0.25) is 4.18 Å². The van der Waals surface area contributed by atoms with E-state index in [1.165, 1.54) is 0 Å². The third kappa shape index (κ3) is 8.55. The zero-order valence-electron chi connectivity index (χ0n) is 22.2. The minimum atomic E-state index is -1.07. The van der Waals surface area contributed by atoms with Crippen molar-refractivity contribution >= 4 is 58.6 Å². The van der Waals surface area contributed by atoms with E-state index in [0.29, 0.717) is 16.5 Å². The summed E-state index contributed by atoms with van der Waals surface area (Å²) in [6.07, 6.45) is 3.88. The number of aliphatic carboxylic acids is 2. The summed E-state index contributed by atoms with van der Waals surface area (Å²) in [6, 6.07) is 24.5. The normalized spacial score (nSPS) is 12.8. The van der Waals surface area contributed by atoms with Gasteiger partial charge in [0.15, 0.2) is 6.61 Å². The highest BCUT2D eigenvalue weighted by Crippen LogP contribution is 2.38. The van der Waals surface area contributed by atoms with Crippen LogP contribution in [0.5, 0.6) is 5.75 Å². The summed E-state index contributed by atoms with van der Waals surface area (Å²) in [7, 11) is 0. The molecule has 0 saturated heterocycles. The second-order valence-electron chi connectivity index (χ2n) is 9.13. The molecule has 0 spiro atoms. The van der Waals surface area contributed by atoms with Gasteiger partial charge in [0, 0.05) is 16.2 Å². The van der Waals surface area contributed by atoms with Crippen LogP contribution in [0.15, 0.2) is 78.9 Å². The van der Waals surface area contributed by atoms with Crippen LogP contribution in [0.2, 0.25) is 5.02 Å². The molecular weight excluding hydrogens is 566 g/mol. The van der Waals surface area contributed by atoms with Gasteiger partial charge in [-0.25, -0.2) is 14.6 Å². The van der Waals surface area contributed by atoms with Crippen LogP contribution in [0, 0.1) is 0 Å². The Kier molecular flexibility index (Phi) is 10.4. The Hall–Kier alpha value is -3.89. The smallest absolute Gasteiger partial charge is 0.341 e. The number of carboxylic acid groups (broad SMARTS) is 2. The lowest BCUT2D eigenvalue weighted by atomic mass is 9.87. The summed E-state index contributed by atoms with van der Waals surface area (Å²) in [6.45, 7) is 1.26. The molecule has 3 aromatic carbocycles. The van der Waals surface area contributed by atoms with Gasteiger partial charge in [0.2, 0.25) is 0 Å². The lowest BCUT2D eigenvalue weighted by Gasteiger charge is -2.30. The van der Waals surface area contributed by atoms with Crippen LogP contribution in [0.1, 0.15) is 29.3 Å². The van der Waals surface area contributed by atoms with Crippen molar-refractivity contribution in [2.75, 3.05) is 25.6 Å². The summed E-state index contributed by atoms with van der Waals surface area (Å²) in [5, 5.41) is 19.4. The first-order valence-electron chi connectivity index (χ1n) is 12.6. The number of carboxylic acids is 2. The Balaban J connectivity index is 1.59. The highest BCUT2D eigenvalue weighted by atomic mass is 35.5. The number of nitrogens with zero attached hydrogens (tertiary/aromatic N) is 1. The van der Waals surface area contributed by atoms with E-state index in [1.54, 1.807) is 18.2 Å². The van der Waals surface area contributed by atoms with E-state index in [4.69, 9.17) is 35.5 Å². The number of aromatic nitrogens is 1. The highest BCUT2D eigenvalue weighted by Gasteiger charge is 2.31. The molecule has 4 aromatic rings. The van der Waals surface area contributed by atoms with Gasteiger partial charge in [-0.1, -0.05) is 60.1 Å². The second kappa shape index (κ2) is 14.1. The van der Waals surface area contributed by atoms with Crippen molar-refractivity contribution < 1.29 is 33.5 Å². The van der Waals surface area contributed by atoms with Crippen molar-refractivity contribution in [2.24, 2.45) is 0 Å². The standard InChI is InChI=1S/C31H28ClNO7S/c1-31(40-41-15-14-38-19-29(34)35,24-6-3-7-27(17-24)39-20-30(36)37)23-5-2-4-21(16-23)8-12-26-13-10-22-9-11-25(32)18-28(22)33-26/h2-13,16-18H,14-15,19-20H2,1H3,(H,34,35)(H,36,37). The third-order valence-electron chi connectivity index (χ3n) is 6.07. The molecule has 0 aliphatic heterocycles. The number of rotatable bonds is 14. The molecule has 212 valence electrons. The molecule has 41 heavy (non-hydrogen) atoms. The molecule has 4 rings (SSSR count). The fraction of sp³-hybridized carbons (Fsp3) is 0.194. The van der Waals surface area contributed by atoms with Crippen LogP contribution in [0.4, 0.5) is 0 Å². The number of carbonyl (C=O) groups is 2. The van der Waals surface area contributed by atoms with Gasteiger partial charge in [-0.2, -0.15) is 0 Å². The Labute approximate surface area is 246 Å². The molecule has 1 heterocycles. The lowest BCUT2D eigenvalue weighted by Crippen LogP contribution is -2.26. The summed E-state index contributed by atoms with van der Waals surface area (Å²) >= 11 is 7.29. The van der Waals surface area contributed by atoms with Gasteiger partial charge in [-0.15, -0.1) is 0 Å². The van der Waals surface area contributed by atoms with E-state index >= 15 is 0 Å². The third-order valence-corrected chi connectivity index (χ3v) is 7.09. The summed E-state index contributed by atoms with van der Waals surface area (Å²) in [5.41, 5.74) is 3.12. The quantitative estimate of drug-likeness (QED) is 0.124. The number of fused-ring (bicyclic) bond motifs is 1. The van der Waals surface area contributed by atoms with Gasteiger partial charge in [0.25, 0.3) is 0 Å². The van der Waals surface area contributed by atoms with Crippen LogP contribution < -0.4 is 4.74 Å². The van der Waals surface area contributed by atoms with E-state index < -0.39 is 24.1 Å². The number of halogens is 1. The average molecular weight is 594 g/mol. The number of ether oxygens (including phenoxy) is 2. The average Bonchev–Trinajstić information content (AvgIpc) is 2.96. The number of hydrogen-bond acceptors (Lipinski definition) is 7. The van der Waals surface area contributed by atoms with Crippen LogP contribution in [-0.4, -0.2) is 52.7 Å². The molecule has 1 atom stereocenters. The van der Waals surface area contributed by atoms with Crippen molar-refractivity contribution in [1.82, 2.24) is 4.98 Å². The summed E-state index contributed by atoms with van der Waals surface area (Å²) in [5.74, 6) is -1.32. The molecule has 2 N–H and O–H groups in total. The molecule has 10 heteroatoms. The van der Waals surface area contributed by atoms with Gasteiger partial charge in [-0.05, 0) is 78.1 Å². The minimum Gasteiger partial charge on any atom is -0.482 e. The van der Waals surface area contributed by atoms with Crippen molar-refractivity contribution in [1.29, 1.82) is 0 Å². The molecular formula is C31H28ClNO7S. The molecule has 1 unspecified atom stereocenters. The van der Waals surface area contributed by atoms with Crippen molar-refractivity contribution in [3.8, 4) is 5.75 Å². The molecule has 0 amide bonds. The van der Waals surface area contributed by atoms with Crippen LogP contribution in [-0.2, 0) is 24.1 Å². The number of hydrogen-bond donors (Lipinski definition) is 2. The number of benzene rings is 3. The van der Waals surface area contributed by atoms with Crippen molar-refractivity contribution in [3.63, 3.8) is 0 Å². The first kappa shape index (κ1) is 30.1. The first-order valence-corrected chi connectivity index (χ1v) is 13.9. The summed E-state index contributed by atoms with van der Waals surface area (Å²) in [4.78, 5) is 26.4. The fourth-order valence-corrected chi connectivity index (χ4v) is 4.89. The largest absolute Gasteiger partial charge is 0.482 e. The molecule has 0 saturated carbocycles. The Morgan fingerprint density at radius 3 is 2.44 bits per heavy atom. The van der Waals surface area contributed by atoms with E-state index in [1.807, 2.05) is 79.7 Å². The molecule has 0 bridgehead atoms. The SMILES string of the molecule is CC(OSCCOCC(=O)O)(c1cccc(C=Cc2ccc3ccc(Cl)cc3n2)c1)c1cccc(OCC(=O)O)c1. The molecule has 0 radical (unpaired) electrons. The maximum Gasteiger partial charge on any atom is 0.341 e. The molecule has 8 nitrogen and oxygen atoms in total.